The zero-order valence-corrected chi connectivity index (χ0v) is 11.1. The molecule has 0 spiro atoms. The molecule has 0 saturated heterocycles. The van der Waals surface area contributed by atoms with Crippen molar-refractivity contribution in [3.63, 3.8) is 0 Å². The number of hydrogen-bond donors (Lipinski definition) is 0. The molecule has 1 rings (SSSR count). The number of ether oxygens (including phenoxy) is 1. The van der Waals surface area contributed by atoms with E-state index in [2.05, 4.69) is 0 Å². The molecular formula is C13H12F6O2. The molecule has 1 atom stereocenters. The predicted molar refractivity (Wildman–Crippen MR) is 61.6 cm³/mol. The molecule has 1 aromatic rings. The van der Waals surface area contributed by atoms with Crippen molar-refractivity contribution < 1.29 is 35.9 Å². The van der Waals surface area contributed by atoms with Gasteiger partial charge in [0.1, 0.15) is 0 Å². The summed E-state index contributed by atoms with van der Waals surface area (Å²) in [7, 11) is 0. The van der Waals surface area contributed by atoms with Gasteiger partial charge in [0.15, 0.2) is 0 Å². The number of halogens is 6. The molecule has 0 amide bonds. The third-order valence-corrected chi connectivity index (χ3v) is 2.76. The maximum absolute atomic E-state index is 12.8. The van der Waals surface area contributed by atoms with Gasteiger partial charge in [-0.25, -0.2) is 4.79 Å². The molecule has 1 unspecified atom stereocenters. The lowest BCUT2D eigenvalue weighted by molar-refractivity contribution is -0.143. The van der Waals surface area contributed by atoms with Crippen LogP contribution in [0.3, 0.4) is 0 Å². The van der Waals surface area contributed by atoms with Crippen molar-refractivity contribution >= 4 is 5.97 Å². The van der Waals surface area contributed by atoms with Crippen molar-refractivity contribution in [2.45, 2.75) is 38.7 Å². The first-order chi connectivity index (χ1) is 9.46. The smallest absolute Gasteiger partial charge is 0.417 e. The Morgan fingerprint density at radius 2 is 1.71 bits per heavy atom. The third kappa shape index (κ3) is 4.37. The highest BCUT2D eigenvalue weighted by molar-refractivity contribution is 5.91. The van der Waals surface area contributed by atoms with Gasteiger partial charge >= 0.3 is 18.3 Å². The Hall–Kier alpha value is -1.73. The molecule has 0 aliphatic rings. The number of alkyl halides is 6. The summed E-state index contributed by atoms with van der Waals surface area (Å²) in [5.74, 6) is -1.30. The fourth-order valence-corrected chi connectivity index (χ4v) is 1.46. The molecule has 0 fully saturated rings. The number of carbonyl (C=O) groups excluding carboxylic acids is 1. The monoisotopic (exact) mass is 314 g/mol. The van der Waals surface area contributed by atoms with Gasteiger partial charge in [0, 0.05) is 0 Å². The van der Waals surface area contributed by atoms with E-state index in [4.69, 9.17) is 4.74 Å². The van der Waals surface area contributed by atoms with Crippen LogP contribution in [0.25, 0.3) is 0 Å². The lowest BCUT2D eigenvalue weighted by Crippen LogP contribution is -2.20. The summed E-state index contributed by atoms with van der Waals surface area (Å²) in [5.41, 5.74) is -4.07. The summed E-state index contributed by atoms with van der Waals surface area (Å²) >= 11 is 0. The lowest BCUT2D eigenvalue weighted by Gasteiger charge is -2.17. The lowest BCUT2D eigenvalue weighted by atomic mass is 10.0. The van der Waals surface area contributed by atoms with Crippen molar-refractivity contribution in [3.05, 3.63) is 34.9 Å². The van der Waals surface area contributed by atoms with Crippen LogP contribution in [-0.2, 0) is 17.1 Å². The zero-order chi connectivity index (χ0) is 16.4. The Balaban J connectivity index is 3.30. The molecule has 0 aliphatic carbocycles. The highest BCUT2D eigenvalue weighted by Crippen LogP contribution is 2.37. The first kappa shape index (κ1) is 17.3. The fourth-order valence-electron chi connectivity index (χ4n) is 1.46. The molecule has 1 aromatic carbocycles. The predicted octanol–water partition coefficient (Wildman–Crippen LogP) is 4.68. The average molecular weight is 314 g/mol. The number of benzene rings is 1. The standard InChI is InChI=1S/C13H12F6O2/c1-3-7(2)21-11(20)9-5-4-8(12(14,15)16)6-10(9)13(17,18)19/h4-7H,3H2,1-2H3. The molecule has 0 heterocycles. The molecule has 0 bridgehead atoms. The molecular weight excluding hydrogens is 302 g/mol. The molecule has 0 N–H and O–H groups in total. The van der Waals surface area contributed by atoms with E-state index in [-0.39, 0.29) is 6.07 Å². The van der Waals surface area contributed by atoms with E-state index in [1.54, 1.807) is 6.92 Å². The van der Waals surface area contributed by atoms with Crippen molar-refractivity contribution in [1.82, 2.24) is 0 Å². The molecule has 2 nitrogen and oxygen atoms in total. The second kappa shape index (κ2) is 5.95. The van der Waals surface area contributed by atoms with Crippen LogP contribution < -0.4 is 0 Å². The summed E-state index contributed by atoms with van der Waals surface area (Å²) in [6.45, 7) is 3.12. The van der Waals surface area contributed by atoms with Gasteiger partial charge in [-0.05, 0) is 31.5 Å². The molecule has 0 saturated carbocycles. The summed E-state index contributed by atoms with van der Waals surface area (Å²) in [5, 5.41) is 0. The fraction of sp³-hybridized carbons (Fsp3) is 0.462. The van der Waals surface area contributed by atoms with Crippen molar-refractivity contribution in [3.8, 4) is 0 Å². The minimum Gasteiger partial charge on any atom is -0.459 e. The maximum Gasteiger partial charge on any atom is 0.417 e. The van der Waals surface area contributed by atoms with Crippen LogP contribution in [0.4, 0.5) is 26.3 Å². The quantitative estimate of drug-likeness (QED) is 0.598. The van der Waals surface area contributed by atoms with Gasteiger partial charge in [0.25, 0.3) is 0 Å². The summed E-state index contributed by atoms with van der Waals surface area (Å²) in [4.78, 5) is 11.6. The van der Waals surface area contributed by atoms with E-state index in [1.807, 2.05) is 0 Å². The first-order valence-corrected chi connectivity index (χ1v) is 5.96. The maximum atomic E-state index is 12.8. The van der Waals surface area contributed by atoms with Crippen LogP contribution in [0.15, 0.2) is 18.2 Å². The Bertz CT molecular complexity index is 518. The van der Waals surface area contributed by atoms with Crippen LogP contribution in [0.2, 0.25) is 0 Å². The molecule has 0 aromatic heterocycles. The van der Waals surface area contributed by atoms with Crippen molar-refractivity contribution in [2.75, 3.05) is 0 Å². The van der Waals surface area contributed by atoms with Gasteiger partial charge in [0.05, 0.1) is 22.8 Å². The largest absolute Gasteiger partial charge is 0.459 e. The van der Waals surface area contributed by atoms with Crippen molar-refractivity contribution in [2.24, 2.45) is 0 Å². The molecule has 8 heteroatoms. The van der Waals surface area contributed by atoms with Crippen molar-refractivity contribution in [1.29, 1.82) is 0 Å². The van der Waals surface area contributed by atoms with Gasteiger partial charge in [-0.15, -0.1) is 0 Å². The van der Waals surface area contributed by atoms with Gasteiger partial charge in [-0.2, -0.15) is 26.3 Å². The summed E-state index contributed by atoms with van der Waals surface area (Å²) < 4.78 is 80.6. The third-order valence-electron chi connectivity index (χ3n) is 2.76. The van der Waals surface area contributed by atoms with Crippen LogP contribution in [0.1, 0.15) is 41.8 Å². The Labute approximate surface area is 116 Å². The van der Waals surface area contributed by atoms with Crippen LogP contribution in [-0.4, -0.2) is 12.1 Å². The number of hydrogen-bond acceptors (Lipinski definition) is 2. The second-order valence-electron chi connectivity index (χ2n) is 4.38. The highest BCUT2D eigenvalue weighted by Gasteiger charge is 2.39. The number of esters is 1. The van der Waals surface area contributed by atoms with E-state index in [1.165, 1.54) is 6.92 Å². The van der Waals surface area contributed by atoms with Crippen LogP contribution in [0, 0.1) is 0 Å². The van der Waals surface area contributed by atoms with E-state index >= 15 is 0 Å². The van der Waals surface area contributed by atoms with Crippen LogP contribution >= 0.6 is 0 Å². The normalized spacial score (nSPS) is 13.9. The Morgan fingerprint density at radius 1 is 1.14 bits per heavy atom. The van der Waals surface area contributed by atoms with Gasteiger partial charge in [-0.3, -0.25) is 0 Å². The van der Waals surface area contributed by atoms with E-state index in [9.17, 15) is 31.1 Å². The minimum absolute atomic E-state index is 0.0901. The average Bonchev–Trinajstić information content (AvgIpc) is 2.35. The van der Waals surface area contributed by atoms with E-state index in [0.717, 1.165) is 0 Å². The summed E-state index contributed by atoms with van der Waals surface area (Å²) in [6, 6.07) is 0.812. The van der Waals surface area contributed by atoms with E-state index < -0.39 is 41.1 Å². The number of rotatable bonds is 3. The second-order valence-corrected chi connectivity index (χ2v) is 4.38. The van der Waals surface area contributed by atoms with Gasteiger partial charge in [-0.1, -0.05) is 6.92 Å². The highest BCUT2D eigenvalue weighted by atomic mass is 19.4. The SMILES string of the molecule is CCC(C)OC(=O)c1ccc(C(F)(F)F)cc1C(F)(F)F. The van der Waals surface area contributed by atoms with Gasteiger partial charge < -0.3 is 4.74 Å². The zero-order valence-electron chi connectivity index (χ0n) is 11.1. The first-order valence-electron chi connectivity index (χ1n) is 5.96. The molecule has 0 radical (unpaired) electrons. The number of carbonyl (C=O) groups is 1. The van der Waals surface area contributed by atoms with E-state index in [0.29, 0.717) is 18.6 Å². The minimum atomic E-state index is -5.09. The topological polar surface area (TPSA) is 26.3 Å². The Kier molecular flexibility index (Phi) is 4.91. The molecule has 118 valence electrons. The Morgan fingerprint density at radius 3 is 2.14 bits per heavy atom. The molecule has 21 heavy (non-hydrogen) atoms. The van der Waals surface area contributed by atoms with Gasteiger partial charge in [0.2, 0.25) is 0 Å². The summed E-state index contributed by atoms with van der Waals surface area (Å²) in [6.07, 6.45) is -10.3. The van der Waals surface area contributed by atoms with Crippen LogP contribution in [0.5, 0.6) is 0 Å². The molecule has 0 aliphatic heterocycles.